The highest BCUT2D eigenvalue weighted by molar-refractivity contribution is 5.73. The largest absolute Gasteiger partial charge is 0.476 e. The Labute approximate surface area is 107 Å². The summed E-state index contributed by atoms with van der Waals surface area (Å²) in [4.78, 5) is 14.8. The summed E-state index contributed by atoms with van der Waals surface area (Å²) in [5.41, 5.74) is 11.3. The molecule has 0 spiro atoms. The average molecular weight is 252 g/mol. The van der Waals surface area contributed by atoms with E-state index in [9.17, 15) is 4.79 Å². The zero-order valence-corrected chi connectivity index (χ0v) is 10.6. The van der Waals surface area contributed by atoms with Crippen LogP contribution in [0.1, 0.15) is 26.2 Å². The zero-order valence-electron chi connectivity index (χ0n) is 10.6. The number of nitrogens with zero attached hydrogens (tertiary/aromatic N) is 1. The first-order valence-corrected chi connectivity index (χ1v) is 6.05. The van der Waals surface area contributed by atoms with Crippen molar-refractivity contribution >= 4 is 17.4 Å². The standard InChI is InChI=1S/C12H20N4O2/c1-2-18-12-9(13)6-7-11(16-12)15-8-4-3-5-10(14)17/h6-7H,2-5,8,13H2,1H3,(H2,14,17)(H,15,16). The molecule has 18 heavy (non-hydrogen) atoms. The Bertz CT molecular complexity index is 396. The van der Waals surface area contributed by atoms with Crippen LogP contribution in [0.5, 0.6) is 5.88 Å². The number of anilines is 2. The van der Waals surface area contributed by atoms with E-state index in [1.807, 2.05) is 6.92 Å². The predicted octanol–water partition coefficient (Wildman–Crippen LogP) is 1.13. The lowest BCUT2D eigenvalue weighted by atomic mass is 10.2. The van der Waals surface area contributed by atoms with Crippen LogP contribution in [0.25, 0.3) is 0 Å². The summed E-state index contributed by atoms with van der Waals surface area (Å²) in [5, 5.41) is 3.15. The summed E-state index contributed by atoms with van der Waals surface area (Å²) in [6, 6.07) is 3.55. The van der Waals surface area contributed by atoms with Gasteiger partial charge in [0.25, 0.3) is 0 Å². The van der Waals surface area contributed by atoms with Gasteiger partial charge in [0.05, 0.1) is 12.3 Å². The van der Waals surface area contributed by atoms with Crippen LogP contribution in [-0.2, 0) is 4.79 Å². The molecule has 5 N–H and O–H groups in total. The molecule has 0 aliphatic heterocycles. The summed E-state index contributed by atoms with van der Waals surface area (Å²) in [6.45, 7) is 3.14. The summed E-state index contributed by atoms with van der Waals surface area (Å²) >= 11 is 0. The number of rotatable bonds is 8. The molecule has 0 fully saturated rings. The number of carbonyl (C=O) groups excluding carboxylic acids is 1. The van der Waals surface area contributed by atoms with Crippen molar-refractivity contribution < 1.29 is 9.53 Å². The van der Waals surface area contributed by atoms with Gasteiger partial charge < -0.3 is 21.5 Å². The lowest BCUT2D eigenvalue weighted by Gasteiger charge is -2.09. The van der Waals surface area contributed by atoms with E-state index in [-0.39, 0.29) is 5.91 Å². The van der Waals surface area contributed by atoms with Gasteiger partial charge in [-0.15, -0.1) is 0 Å². The van der Waals surface area contributed by atoms with Gasteiger partial charge in [0.1, 0.15) is 5.82 Å². The Morgan fingerprint density at radius 2 is 2.22 bits per heavy atom. The molecule has 0 aromatic carbocycles. The van der Waals surface area contributed by atoms with Crippen molar-refractivity contribution in [3.05, 3.63) is 12.1 Å². The first-order valence-electron chi connectivity index (χ1n) is 6.05. The maximum Gasteiger partial charge on any atom is 0.239 e. The molecule has 0 saturated heterocycles. The first kappa shape index (κ1) is 14.1. The molecule has 0 aliphatic rings. The molecule has 0 unspecified atom stereocenters. The van der Waals surface area contributed by atoms with Gasteiger partial charge >= 0.3 is 0 Å². The van der Waals surface area contributed by atoms with Crippen LogP contribution in [0.4, 0.5) is 11.5 Å². The normalized spacial score (nSPS) is 10.1. The van der Waals surface area contributed by atoms with E-state index < -0.39 is 0 Å². The molecule has 100 valence electrons. The maximum absolute atomic E-state index is 10.5. The third-order valence-corrected chi connectivity index (χ3v) is 2.33. The van der Waals surface area contributed by atoms with E-state index in [4.69, 9.17) is 16.2 Å². The van der Waals surface area contributed by atoms with Gasteiger partial charge in [-0.3, -0.25) is 4.79 Å². The van der Waals surface area contributed by atoms with Crippen LogP contribution < -0.4 is 21.5 Å². The van der Waals surface area contributed by atoms with Gasteiger partial charge in [0.15, 0.2) is 0 Å². The molecule has 1 amide bonds. The number of carbonyl (C=O) groups is 1. The highest BCUT2D eigenvalue weighted by atomic mass is 16.5. The van der Waals surface area contributed by atoms with Gasteiger partial charge in [0.2, 0.25) is 11.8 Å². The van der Waals surface area contributed by atoms with Crippen molar-refractivity contribution in [1.29, 1.82) is 0 Å². The number of pyridine rings is 1. The quantitative estimate of drug-likeness (QED) is 0.602. The molecule has 0 aliphatic carbocycles. The minimum absolute atomic E-state index is 0.265. The van der Waals surface area contributed by atoms with Crippen LogP contribution in [0, 0.1) is 0 Å². The van der Waals surface area contributed by atoms with E-state index in [1.165, 1.54) is 0 Å². The summed E-state index contributed by atoms with van der Waals surface area (Å²) < 4.78 is 5.30. The second-order valence-corrected chi connectivity index (χ2v) is 3.87. The van der Waals surface area contributed by atoms with Crippen molar-refractivity contribution in [3.8, 4) is 5.88 Å². The monoisotopic (exact) mass is 252 g/mol. The first-order chi connectivity index (χ1) is 8.63. The van der Waals surface area contributed by atoms with Gasteiger partial charge in [0, 0.05) is 13.0 Å². The highest BCUT2D eigenvalue weighted by Crippen LogP contribution is 2.20. The number of nitrogen functional groups attached to an aromatic ring is 1. The molecule has 0 radical (unpaired) electrons. The third kappa shape index (κ3) is 4.90. The smallest absolute Gasteiger partial charge is 0.239 e. The number of hydrogen-bond acceptors (Lipinski definition) is 5. The summed E-state index contributed by atoms with van der Waals surface area (Å²) in [6.07, 6.45) is 2.05. The SMILES string of the molecule is CCOc1nc(NCCCCC(N)=O)ccc1N. The summed E-state index contributed by atoms with van der Waals surface area (Å²) in [7, 11) is 0. The van der Waals surface area contributed by atoms with Crippen molar-refractivity contribution in [2.45, 2.75) is 26.2 Å². The molecule has 1 rings (SSSR count). The molecule has 6 heteroatoms. The van der Waals surface area contributed by atoms with E-state index in [1.54, 1.807) is 12.1 Å². The molecule has 0 bridgehead atoms. The van der Waals surface area contributed by atoms with Crippen molar-refractivity contribution in [2.75, 3.05) is 24.2 Å². The predicted molar refractivity (Wildman–Crippen MR) is 71.4 cm³/mol. The van der Waals surface area contributed by atoms with Crippen molar-refractivity contribution in [1.82, 2.24) is 4.98 Å². The number of aromatic nitrogens is 1. The Morgan fingerprint density at radius 3 is 2.89 bits per heavy atom. The Morgan fingerprint density at radius 1 is 1.44 bits per heavy atom. The number of unbranched alkanes of at least 4 members (excludes halogenated alkanes) is 1. The minimum Gasteiger partial charge on any atom is -0.476 e. The number of nitrogens with two attached hydrogens (primary N) is 2. The number of amides is 1. The number of nitrogens with one attached hydrogen (secondary N) is 1. The molecule has 6 nitrogen and oxygen atoms in total. The third-order valence-electron chi connectivity index (χ3n) is 2.33. The molecule has 0 atom stereocenters. The molecule has 1 aromatic rings. The Kier molecular flexibility index (Phi) is 5.76. The van der Waals surface area contributed by atoms with Crippen LogP contribution in [0.3, 0.4) is 0 Å². The van der Waals surface area contributed by atoms with Gasteiger partial charge in [-0.25, -0.2) is 0 Å². The molecule has 1 heterocycles. The molecule has 0 saturated carbocycles. The maximum atomic E-state index is 10.5. The van der Waals surface area contributed by atoms with Gasteiger partial charge in [-0.1, -0.05) is 0 Å². The lowest BCUT2D eigenvalue weighted by molar-refractivity contribution is -0.118. The molecule has 1 aromatic heterocycles. The average Bonchev–Trinajstić information content (AvgIpc) is 2.32. The number of hydrogen-bond donors (Lipinski definition) is 3. The fourth-order valence-corrected chi connectivity index (χ4v) is 1.44. The highest BCUT2D eigenvalue weighted by Gasteiger charge is 2.03. The van der Waals surface area contributed by atoms with E-state index >= 15 is 0 Å². The minimum atomic E-state index is -0.265. The van der Waals surface area contributed by atoms with E-state index in [0.717, 1.165) is 19.4 Å². The van der Waals surface area contributed by atoms with Gasteiger partial charge in [-0.2, -0.15) is 4.98 Å². The Balaban J connectivity index is 2.38. The van der Waals surface area contributed by atoms with Crippen molar-refractivity contribution in [2.24, 2.45) is 5.73 Å². The van der Waals surface area contributed by atoms with Crippen LogP contribution in [0.15, 0.2) is 12.1 Å². The Hall–Kier alpha value is -1.98. The second-order valence-electron chi connectivity index (χ2n) is 3.87. The second kappa shape index (κ2) is 7.37. The van der Waals surface area contributed by atoms with E-state index in [2.05, 4.69) is 10.3 Å². The number of primary amides is 1. The fourth-order valence-electron chi connectivity index (χ4n) is 1.44. The zero-order chi connectivity index (χ0) is 13.4. The lowest BCUT2D eigenvalue weighted by Crippen LogP contribution is -2.11. The van der Waals surface area contributed by atoms with Gasteiger partial charge in [-0.05, 0) is 31.9 Å². The van der Waals surface area contributed by atoms with Crippen LogP contribution >= 0.6 is 0 Å². The van der Waals surface area contributed by atoms with Crippen molar-refractivity contribution in [3.63, 3.8) is 0 Å². The number of ether oxygens (including phenoxy) is 1. The molecular formula is C12H20N4O2. The van der Waals surface area contributed by atoms with Crippen LogP contribution in [-0.4, -0.2) is 24.0 Å². The fraction of sp³-hybridized carbons (Fsp3) is 0.500. The molecular weight excluding hydrogens is 232 g/mol. The topological polar surface area (TPSA) is 103 Å². The van der Waals surface area contributed by atoms with Crippen LogP contribution in [0.2, 0.25) is 0 Å². The van der Waals surface area contributed by atoms with E-state index in [0.29, 0.717) is 30.4 Å². The summed E-state index contributed by atoms with van der Waals surface area (Å²) in [5.74, 6) is 0.894.